The van der Waals surface area contributed by atoms with Gasteiger partial charge in [0.25, 0.3) is 0 Å². The van der Waals surface area contributed by atoms with Gasteiger partial charge < -0.3 is 9.94 Å². The first-order chi connectivity index (χ1) is 4.91. The second kappa shape index (κ2) is 8.43. The minimum Gasteiger partial charge on any atom is -0.411 e. The molecular weight excluding hydrogens is 130 g/mol. The molecule has 0 aliphatic heterocycles. The molecule has 60 valence electrons. The molecule has 0 aromatic heterocycles. The van der Waals surface area contributed by atoms with Crippen LogP contribution in [0.3, 0.4) is 0 Å². The summed E-state index contributed by atoms with van der Waals surface area (Å²) in [5, 5.41) is 10.8. The van der Waals surface area contributed by atoms with Crippen LogP contribution in [0, 0.1) is 0 Å². The second-order valence-corrected chi connectivity index (χ2v) is 2.05. The molecule has 0 heterocycles. The topological polar surface area (TPSA) is 41.8 Å². The van der Waals surface area contributed by atoms with Gasteiger partial charge in [-0.1, -0.05) is 13.3 Å². The molecule has 1 N–H and O–H groups in total. The van der Waals surface area contributed by atoms with Gasteiger partial charge in [-0.15, -0.1) is 5.16 Å². The predicted octanol–water partition coefficient (Wildman–Crippen LogP) is 1.65. The normalized spacial score (nSPS) is 10.9. The average Bonchev–Trinajstić information content (AvgIpc) is 1.97. The lowest BCUT2D eigenvalue weighted by Gasteiger charge is -1.98. The molecule has 0 atom stereocenters. The maximum absolute atomic E-state index is 7.98. The summed E-state index contributed by atoms with van der Waals surface area (Å²) in [6, 6.07) is 0. The van der Waals surface area contributed by atoms with Crippen LogP contribution < -0.4 is 0 Å². The first kappa shape index (κ1) is 9.43. The van der Waals surface area contributed by atoms with Crippen molar-refractivity contribution in [1.29, 1.82) is 0 Å². The van der Waals surface area contributed by atoms with Gasteiger partial charge in [0, 0.05) is 19.2 Å². The van der Waals surface area contributed by atoms with E-state index in [1.807, 2.05) is 0 Å². The van der Waals surface area contributed by atoms with Gasteiger partial charge in [-0.3, -0.25) is 0 Å². The van der Waals surface area contributed by atoms with Crippen molar-refractivity contribution in [3.63, 3.8) is 0 Å². The van der Waals surface area contributed by atoms with Gasteiger partial charge in [0.1, 0.15) is 0 Å². The Bertz CT molecular complexity index is 83.7. The molecule has 0 saturated carbocycles. The first-order valence-electron chi connectivity index (χ1n) is 3.65. The Labute approximate surface area is 61.7 Å². The smallest absolute Gasteiger partial charge is 0.0516 e. The summed E-state index contributed by atoms with van der Waals surface area (Å²) in [5.41, 5.74) is 0. The molecule has 0 aliphatic rings. The van der Waals surface area contributed by atoms with Crippen LogP contribution in [0.25, 0.3) is 0 Å². The van der Waals surface area contributed by atoms with Gasteiger partial charge in [-0.25, -0.2) is 0 Å². The van der Waals surface area contributed by atoms with Crippen molar-refractivity contribution in [2.75, 3.05) is 13.2 Å². The van der Waals surface area contributed by atoms with E-state index in [1.54, 1.807) is 0 Å². The summed E-state index contributed by atoms with van der Waals surface area (Å²) in [6.45, 7) is 3.60. The van der Waals surface area contributed by atoms with Crippen LogP contribution >= 0.6 is 0 Å². The summed E-state index contributed by atoms with van der Waals surface area (Å²) in [6.07, 6.45) is 4.40. The van der Waals surface area contributed by atoms with E-state index in [0.717, 1.165) is 19.4 Å². The fourth-order valence-corrected chi connectivity index (χ4v) is 0.542. The minimum absolute atomic E-state index is 0.657. The highest BCUT2D eigenvalue weighted by Crippen LogP contribution is 1.88. The molecule has 0 saturated heterocycles. The predicted molar refractivity (Wildman–Crippen MR) is 40.6 cm³/mol. The Morgan fingerprint density at radius 2 is 2.30 bits per heavy atom. The molecule has 3 nitrogen and oxygen atoms in total. The monoisotopic (exact) mass is 145 g/mol. The van der Waals surface area contributed by atoms with E-state index in [2.05, 4.69) is 12.1 Å². The van der Waals surface area contributed by atoms with E-state index in [9.17, 15) is 0 Å². The van der Waals surface area contributed by atoms with Crippen molar-refractivity contribution >= 4 is 6.21 Å². The Kier molecular flexibility index (Phi) is 7.95. The Hall–Kier alpha value is -0.570. The van der Waals surface area contributed by atoms with Crippen LogP contribution in [0.4, 0.5) is 0 Å². The highest BCUT2D eigenvalue weighted by Gasteiger charge is 1.84. The van der Waals surface area contributed by atoms with E-state index in [0.29, 0.717) is 13.0 Å². The number of hydrogen-bond donors (Lipinski definition) is 1. The minimum atomic E-state index is 0.657. The number of nitrogens with zero attached hydrogens (tertiary/aromatic N) is 1. The molecule has 0 fully saturated rings. The molecule has 0 radical (unpaired) electrons. The summed E-state index contributed by atoms with van der Waals surface area (Å²) in [5.74, 6) is 0. The first-order valence-corrected chi connectivity index (χ1v) is 3.65. The lowest BCUT2D eigenvalue weighted by atomic mass is 10.4. The van der Waals surface area contributed by atoms with Gasteiger partial charge in [-0.2, -0.15) is 0 Å². The fourth-order valence-electron chi connectivity index (χ4n) is 0.542. The lowest BCUT2D eigenvalue weighted by molar-refractivity contribution is 0.138. The summed E-state index contributed by atoms with van der Waals surface area (Å²) < 4.78 is 5.17. The number of rotatable bonds is 6. The van der Waals surface area contributed by atoms with Crippen molar-refractivity contribution in [1.82, 2.24) is 0 Å². The third kappa shape index (κ3) is 7.43. The van der Waals surface area contributed by atoms with Gasteiger partial charge in [0.15, 0.2) is 0 Å². The SMILES string of the molecule is CCCCOCC/C=N/O. The zero-order chi connectivity index (χ0) is 7.66. The molecular formula is C7H15NO2. The molecule has 0 amide bonds. The lowest BCUT2D eigenvalue weighted by Crippen LogP contribution is -1.96. The third-order valence-corrected chi connectivity index (χ3v) is 1.12. The maximum atomic E-state index is 7.98. The van der Waals surface area contributed by atoms with E-state index >= 15 is 0 Å². The molecule has 0 aliphatic carbocycles. The Balaban J connectivity index is 2.77. The Morgan fingerprint density at radius 3 is 2.90 bits per heavy atom. The third-order valence-electron chi connectivity index (χ3n) is 1.12. The summed E-state index contributed by atoms with van der Waals surface area (Å²) in [4.78, 5) is 0. The summed E-state index contributed by atoms with van der Waals surface area (Å²) in [7, 11) is 0. The van der Waals surface area contributed by atoms with Crippen LogP contribution in [-0.4, -0.2) is 24.6 Å². The number of ether oxygens (including phenoxy) is 1. The molecule has 0 rings (SSSR count). The zero-order valence-corrected chi connectivity index (χ0v) is 6.42. The molecule has 0 unspecified atom stereocenters. The Morgan fingerprint density at radius 1 is 1.50 bits per heavy atom. The largest absolute Gasteiger partial charge is 0.411 e. The molecule has 10 heavy (non-hydrogen) atoms. The highest BCUT2D eigenvalue weighted by atomic mass is 16.5. The number of unbranched alkanes of at least 4 members (excludes halogenated alkanes) is 1. The maximum Gasteiger partial charge on any atom is 0.0516 e. The zero-order valence-electron chi connectivity index (χ0n) is 6.42. The van der Waals surface area contributed by atoms with E-state index in [1.165, 1.54) is 6.21 Å². The number of oxime groups is 1. The van der Waals surface area contributed by atoms with Crippen molar-refractivity contribution in [2.45, 2.75) is 26.2 Å². The molecule has 0 spiro atoms. The van der Waals surface area contributed by atoms with Crippen molar-refractivity contribution in [3.8, 4) is 0 Å². The van der Waals surface area contributed by atoms with E-state index in [4.69, 9.17) is 9.94 Å². The van der Waals surface area contributed by atoms with Crippen LogP contribution in [0.2, 0.25) is 0 Å². The van der Waals surface area contributed by atoms with Crippen LogP contribution in [0.1, 0.15) is 26.2 Å². The van der Waals surface area contributed by atoms with Crippen molar-refractivity contribution in [3.05, 3.63) is 0 Å². The second-order valence-electron chi connectivity index (χ2n) is 2.05. The molecule has 3 heteroatoms. The van der Waals surface area contributed by atoms with Crippen LogP contribution in [0.15, 0.2) is 5.16 Å². The summed E-state index contributed by atoms with van der Waals surface area (Å²) >= 11 is 0. The van der Waals surface area contributed by atoms with Crippen molar-refractivity contribution in [2.24, 2.45) is 5.16 Å². The molecule has 0 bridgehead atoms. The van der Waals surface area contributed by atoms with E-state index < -0.39 is 0 Å². The van der Waals surface area contributed by atoms with Gasteiger partial charge >= 0.3 is 0 Å². The van der Waals surface area contributed by atoms with Crippen molar-refractivity contribution < 1.29 is 9.94 Å². The quantitative estimate of drug-likeness (QED) is 0.267. The molecule has 0 aromatic rings. The van der Waals surface area contributed by atoms with E-state index in [-0.39, 0.29) is 0 Å². The number of hydrogen-bond acceptors (Lipinski definition) is 3. The van der Waals surface area contributed by atoms with Gasteiger partial charge in [-0.05, 0) is 6.42 Å². The van der Waals surface area contributed by atoms with Gasteiger partial charge in [0.2, 0.25) is 0 Å². The highest BCUT2D eigenvalue weighted by molar-refractivity contribution is 5.56. The van der Waals surface area contributed by atoms with Crippen LogP contribution in [-0.2, 0) is 4.74 Å². The van der Waals surface area contributed by atoms with Gasteiger partial charge in [0.05, 0.1) is 6.61 Å². The standard InChI is InChI=1S/C7H15NO2/c1-2-3-6-10-7-4-5-8-9/h5,9H,2-4,6-7H2,1H3/b8-5+. The van der Waals surface area contributed by atoms with Crippen LogP contribution in [0.5, 0.6) is 0 Å². The molecule has 0 aromatic carbocycles. The fraction of sp³-hybridized carbons (Fsp3) is 0.857. The average molecular weight is 145 g/mol.